The summed E-state index contributed by atoms with van der Waals surface area (Å²) in [4.78, 5) is 11.4. The van der Waals surface area contributed by atoms with Crippen molar-refractivity contribution in [3.05, 3.63) is 65.2 Å². The summed E-state index contributed by atoms with van der Waals surface area (Å²) < 4.78 is 1.87. The monoisotopic (exact) mass is 489 g/mol. The lowest BCUT2D eigenvalue weighted by molar-refractivity contribution is 0.112. The number of unbranched alkanes of at least 4 members (excludes halogenated alkanes) is 12. The fourth-order valence-electron chi connectivity index (χ4n) is 5.39. The molecule has 3 rings (SSSR count). The third-order valence-corrected chi connectivity index (χ3v) is 7.51. The van der Waals surface area contributed by atoms with Crippen molar-refractivity contribution in [3.63, 3.8) is 0 Å². The number of nitrogens with zero attached hydrogens (tertiary/aromatic N) is 1. The number of hydrogen-bond donors (Lipinski definition) is 1. The molecular formula is C33H47NO2. The molecule has 0 unspecified atom stereocenters. The van der Waals surface area contributed by atoms with Gasteiger partial charge in [0.15, 0.2) is 6.29 Å². The maximum Gasteiger partial charge on any atom is 0.202 e. The fourth-order valence-corrected chi connectivity index (χ4v) is 5.39. The first-order valence-corrected chi connectivity index (χ1v) is 14.6. The molecule has 3 nitrogen and oxygen atoms in total. The van der Waals surface area contributed by atoms with Gasteiger partial charge in [0.1, 0.15) is 0 Å². The summed E-state index contributed by atoms with van der Waals surface area (Å²) >= 11 is 0. The van der Waals surface area contributed by atoms with E-state index in [1.807, 2.05) is 28.8 Å². The van der Waals surface area contributed by atoms with Gasteiger partial charge >= 0.3 is 0 Å². The van der Waals surface area contributed by atoms with Gasteiger partial charge in [0.05, 0.1) is 11.1 Å². The molecule has 2 aromatic carbocycles. The number of aryl methyl sites for hydroxylation is 3. The third kappa shape index (κ3) is 8.84. The van der Waals surface area contributed by atoms with Gasteiger partial charge in [-0.25, -0.2) is 0 Å². The second-order valence-electron chi connectivity index (χ2n) is 10.4. The molecule has 0 saturated heterocycles. The standard InChI is InChI=1S/C33H47NO2/c1-2-3-4-5-6-7-8-9-10-11-12-13-14-19-28-20-17-21-29(26-28)22-18-25-34-32-24-16-15-23-30(32)31(27-35)33(34)36/h15-17,20-21,23-24,26-27,36H,2-14,18-19,22,25H2,1H3. The Balaban J connectivity index is 1.30. The van der Waals surface area contributed by atoms with E-state index in [1.54, 1.807) is 0 Å². The predicted octanol–water partition coefficient (Wildman–Crippen LogP) is 9.43. The highest BCUT2D eigenvalue weighted by Gasteiger charge is 2.15. The summed E-state index contributed by atoms with van der Waals surface area (Å²) in [6.07, 6.45) is 21.9. The predicted molar refractivity (Wildman–Crippen MR) is 153 cm³/mol. The molecule has 1 aromatic heterocycles. The van der Waals surface area contributed by atoms with Crippen LogP contribution >= 0.6 is 0 Å². The average molecular weight is 490 g/mol. The molecule has 0 amide bonds. The second-order valence-corrected chi connectivity index (χ2v) is 10.4. The summed E-state index contributed by atoms with van der Waals surface area (Å²) in [7, 11) is 0. The van der Waals surface area contributed by atoms with Crippen molar-refractivity contribution in [2.24, 2.45) is 0 Å². The van der Waals surface area contributed by atoms with E-state index < -0.39 is 0 Å². The Morgan fingerprint density at radius 3 is 1.86 bits per heavy atom. The highest BCUT2D eigenvalue weighted by atomic mass is 16.3. The number of benzene rings is 2. The molecule has 3 heteroatoms. The quantitative estimate of drug-likeness (QED) is 0.135. The Morgan fingerprint density at radius 1 is 0.694 bits per heavy atom. The van der Waals surface area contributed by atoms with Gasteiger partial charge in [-0.2, -0.15) is 0 Å². The van der Waals surface area contributed by atoms with E-state index in [2.05, 4.69) is 31.2 Å². The zero-order chi connectivity index (χ0) is 25.4. The van der Waals surface area contributed by atoms with Crippen LogP contribution in [0.1, 0.15) is 118 Å². The number of aromatic nitrogens is 1. The lowest BCUT2D eigenvalue weighted by atomic mass is 10.0. The van der Waals surface area contributed by atoms with Crippen molar-refractivity contribution in [2.75, 3.05) is 0 Å². The molecule has 0 saturated carbocycles. The SMILES string of the molecule is CCCCCCCCCCCCCCCc1cccc(CCCn2c(O)c(C=O)c3ccccc32)c1. The van der Waals surface area contributed by atoms with Crippen LogP contribution in [0.4, 0.5) is 0 Å². The Hall–Kier alpha value is -2.55. The van der Waals surface area contributed by atoms with Crippen molar-refractivity contribution in [1.82, 2.24) is 4.57 Å². The first-order valence-electron chi connectivity index (χ1n) is 14.6. The normalized spacial score (nSPS) is 11.4. The second kappa shape index (κ2) is 16.2. The van der Waals surface area contributed by atoms with Crippen LogP contribution in [0, 0.1) is 0 Å². The van der Waals surface area contributed by atoms with Gasteiger partial charge in [-0.1, -0.05) is 126 Å². The number of hydrogen-bond acceptors (Lipinski definition) is 2. The van der Waals surface area contributed by atoms with Crippen molar-refractivity contribution < 1.29 is 9.90 Å². The maximum atomic E-state index is 11.4. The number of fused-ring (bicyclic) bond motifs is 1. The summed E-state index contributed by atoms with van der Waals surface area (Å²) in [5, 5.41) is 11.4. The molecule has 0 fully saturated rings. The lowest BCUT2D eigenvalue weighted by Crippen LogP contribution is -2.00. The summed E-state index contributed by atoms with van der Waals surface area (Å²) in [6, 6.07) is 16.7. The van der Waals surface area contributed by atoms with E-state index in [9.17, 15) is 9.90 Å². The average Bonchev–Trinajstić information content (AvgIpc) is 3.17. The molecule has 1 heterocycles. The molecule has 0 spiro atoms. The molecule has 1 N–H and O–H groups in total. The Kier molecular flexibility index (Phi) is 12.6. The highest BCUT2D eigenvalue weighted by Crippen LogP contribution is 2.30. The minimum Gasteiger partial charge on any atom is -0.494 e. The molecule has 0 aliphatic heterocycles. The van der Waals surface area contributed by atoms with E-state index in [4.69, 9.17) is 0 Å². The molecule has 0 aliphatic carbocycles. The van der Waals surface area contributed by atoms with Crippen LogP contribution in [-0.2, 0) is 19.4 Å². The van der Waals surface area contributed by atoms with Crippen molar-refractivity contribution in [1.29, 1.82) is 0 Å². The summed E-state index contributed by atoms with van der Waals surface area (Å²) in [5.74, 6) is 0.0855. The fraction of sp³-hybridized carbons (Fsp3) is 0.545. The largest absolute Gasteiger partial charge is 0.494 e. The molecule has 0 aliphatic rings. The summed E-state index contributed by atoms with van der Waals surface area (Å²) in [5.41, 5.74) is 4.11. The van der Waals surface area contributed by atoms with Crippen LogP contribution in [0.2, 0.25) is 0 Å². The van der Waals surface area contributed by atoms with E-state index >= 15 is 0 Å². The van der Waals surface area contributed by atoms with Gasteiger partial charge in [0, 0.05) is 11.9 Å². The van der Waals surface area contributed by atoms with Crippen molar-refractivity contribution in [2.45, 2.75) is 116 Å². The number of para-hydroxylation sites is 1. The number of rotatable bonds is 19. The van der Waals surface area contributed by atoms with Crippen LogP contribution in [0.15, 0.2) is 48.5 Å². The molecule has 196 valence electrons. The van der Waals surface area contributed by atoms with Crippen LogP contribution in [0.3, 0.4) is 0 Å². The Labute approximate surface area is 218 Å². The topological polar surface area (TPSA) is 42.2 Å². The van der Waals surface area contributed by atoms with Crippen molar-refractivity contribution >= 4 is 17.2 Å². The minimum absolute atomic E-state index is 0.0855. The number of aldehydes is 1. The van der Waals surface area contributed by atoms with E-state index in [0.29, 0.717) is 12.1 Å². The number of aromatic hydroxyl groups is 1. The molecule has 36 heavy (non-hydrogen) atoms. The van der Waals surface area contributed by atoms with Gasteiger partial charge in [-0.05, 0) is 42.9 Å². The molecule has 0 bridgehead atoms. The van der Waals surface area contributed by atoms with Gasteiger partial charge in [0.2, 0.25) is 5.88 Å². The van der Waals surface area contributed by atoms with Gasteiger partial charge in [0.25, 0.3) is 0 Å². The molecule has 0 atom stereocenters. The Bertz CT molecular complexity index is 1040. The van der Waals surface area contributed by atoms with E-state index in [0.717, 1.165) is 36.5 Å². The van der Waals surface area contributed by atoms with Gasteiger partial charge < -0.3 is 9.67 Å². The maximum absolute atomic E-state index is 11.4. The summed E-state index contributed by atoms with van der Waals surface area (Å²) in [6.45, 7) is 2.98. The Morgan fingerprint density at radius 2 is 1.25 bits per heavy atom. The first-order chi connectivity index (χ1) is 17.7. The van der Waals surface area contributed by atoms with E-state index in [1.165, 1.54) is 94.6 Å². The lowest BCUT2D eigenvalue weighted by Gasteiger charge is -2.09. The van der Waals surface area contributed by atoms with Crippen LogP contribution in [-0.4, -0.2) is 16.0 Å². The zero-order valence-electron chi connectivity index (χ0n) is 22.5. The van der Waals surface area contributed by atoms with Crippen LogP contribution in [0.5, 0.6) is 5.88 Å². The van der Waals surface area contributed by atoms with Crippen LogP contribution < -0.4 is 0 Å². The van der Waals surface area contributed by atoms with E-state index in [-0.39, 0.29) is 5.88 Å². The molecule has 3 aromatic rings. The zero-order valence-corrected chi connectivity index (χ0v) is 22.5. The minimum atomic E-state index is 0.0855. The molecule has 0 radical (unpaired) electrons. The van der Waals surface area contributed by atoms with Gasteiger partial charge in [-0.3, -0.25) is 4.79 Å². The smallest absolute Gasteiger partial charge is 0.202 e. The highest BCUT2D eigenvalue weighted by molar-refractivity contribution is 6.00. The van der Waals surface area contributed by atoms with Crippen molar-refractivity contribution in [3.8, 4) is 5.88 Å². The van der Waals surface area contributed by atoms with Gasteiger partial charge in [-0.15, -0.1) is 0 Å². The van der Waals surface area contributed by atoms with Crippen LogP contribution in [0.25, 0.3) is 10.9 Å². The number of carbonyl (C=O) groups excluding carboxylic acids is 1. The number of carbonyl (C=O) groups is 1. The molecular weight excluding hydrogens is 442 g/mol. The third-order valence-electron chi connectivity index (χ3n) is 7.51. The first kappa shape index (κ1) is 28.0.